The lowest BCUT2D eigenvalue weighted by Gasteiger charge is -2.30. The first kappa shape index (κ1) is 16.7. The third-order valence-corrected chi connectivity index (χ3v) is 5.18. The fourth-order valence-electron chi connectivity index (χ4n) is 2.15. The van der Waals surface area contributed by atoms with Crippen molar-refractivity contribution in [1.29, 1.82) is 0 Å². The van der Waals surface area contributed by atoms with Crippen LogP contribution in [0.15, 0.2) is 23.1 Å². The summed E-state index contributed by atoms with van der Waals surface area (Å²) in [7, 11) is -1.61. The van der Waals surface area contributed by atoms with Crippen LogP contribution in [0.1, 0.15) is 5.56 Å². The highest BCUT2D eigenvalue weighted by Gasteiger charge is 2.21. The molecule has 21 heavy (non-hydrogen) atoms. The Balaban J connectivity index is 2.04. The average molecular weight is 334 g/mol. The molecule has 0 radical (unpaired) electrons. The van der Waals surface area contributed by atoms with Crippen molar-refractivity contribution in [3.05, 3.63) is 28.8 Å². The van der Waals surface area contributed by atoms with E-state index in [1.165, 1.54) is 12.1 Å². The van der Waals surface area contributed by atoms with Gasteiger partial charge in [0.15, 0.2) is 0 Å². The number of likely N-dealkylation sites (N-methyl/N-ethyl adjacent to an activating group) is 1. The van der Waals surface area contributed by atoms with Gasteiger partial charge in [-0.3, -0.25) is 0 Å². The molecule has 0 spiro atoms. The van der Waals surface area contributed by atoms with E-state index in [0.29, 0.717) is 23.7 Å². The molecule has 1 fully saturated rings. The average Bonchev–Trinajstić information content (AvgIpc) is 2.46. The minimum Gasteiger partial charge on any atom is -0.374 e. The highest BCUT2D eigenvalue weighted by atomic mass is 35.5. The highest BCUT2D eigenvalue weighted by molar-refractivity contribution is 7.89. The van der Waals surface area contributed by atoms with E-state index >= 15 is 0 Å². The molecule has 3 N–H and O–H groups in total. The van der Waals surface area contributed by atoms with E-state index in [1.807, 2.05) is 7.05 Å². The Morgan fingerprint density at radius 2 is 2.29 bits per heavy atom. The van der Waals surface area contributed by atoms with E-state index in [1.54, 1.807) is 6.07 Å². The highest BCUT2D eigenvalue weighted by Crippen LogP contribution is 2.20. The molecule has 1 aliphatic heterocycles. The van der Waals surface area contributed by atoms with Crippen molar-refractivity contribution in [2.45, 2.75) is 17.5 Å². The zero-order valence-electron chi connectivity index (χ0n) is 11.9. The number of rotatable bonds is 5. The summed E-state index contributed by atoms with van der Waals surface area (Å²) in [5, 5.41) is 0.466. The summed E-state index contributed by atoms with van der Waals surface area (Å²) in [5.41, 5.74) is 6.15. The molecule has 0 bridgehead atoms. The predicted molar refractivity (Wildman–Crippen MR) is 81.8 cm³/mol. The largest absolute Gasteiger partial charge is 0.374 e. The molecule has 1 unspecified atom stereocenters. The van der Waals surface area contributed by atoms with Crippen molar-refractivity contribution in [3.8, 4) is 0 Å². The van der Waals surface area contributed by atoms with Gasteiger partial charge in [-0.05, 0) is 30.8 Å². The summed E-state index contributed by atoms with van der Waals surface area (Å²) < 4.78 is 32.7. The lowest BCUT2D eigenvalue weighted by atomic mass is 10.2. The fraction of sp³-hybridized carbons (Fsp3) is 0.538. The minimum absolute atomic E-state index is 0.139. The Kier molecular flexibility index (Phi) is 5.59. The molecule has 1 heterocycles. The van der Waals surface area contributed by atoms with Crippen LogP contribution in [0.3, 0.4) is 0 Å². The van der Waals surface area contributed by atoms with Gasteiger partial charge in [-0.15, -0.1) is 0 Å². The lowest BCUT2D eigenvalue weighted by Crippen LogP contribution is -2.45. The number of benzene rings is 1. The van der Waals surface area contributed by atoms with Crippen LogP contribution in [0.2, 0.25) is 5.02 Å². The minimum atomic E-state index is -3.59. The third kappa shape index (κ3) is 4.38. The number of halogens is 1. The summed E-state index contributed by atoms with van der Waals surface area (Å²) in [6, 6.07) is 4.51. The zero-order valence-corrected chi connectivity index (χ0v) is 13.5. The van der Waals surface area contributed by atoms with Crippen molar-refractivity contribution in [2.75, 3.05) is 33.3 Å². The molecular weight excluding hydrogens is 314 g/mol. The van der Waals surface area contributed by atoms with Crippen LogP contribution < -0.4 is 10.5 Å². The number of hydrogen-bond acceptors (Lipinski definition) is 5. The van der Waals surface area contributed by atoms with Crippen LogP contribution in [0.25, 0.3) is 0 Å². The quantitative estimate of drug-likeness (QED) is 0.815. The van der Waals surface area contributed by atoms with E-state index in [-0.39, 0.29) is 24.1 Å². The van der Waals surface area contributed by atoms with Gasteiger partial charge in [0.25, 0.3) is 0 Å². The van der Waals surface area contributed by atoms with Crippen LogP contribution in [0, 0.1) is 0 Å². The van der Waals surface area contributed by atoms with Crippen molar-refractivity contribution < 1.29 is 13.2 Å². The molecule has 1 aromatic carbocycles. The van der Waals surface area contributed by atoms with Crippen LogP contribution in [0.4, 0.5) is 0 Å². The first-order valence-electron chi connectivity index (χ1n) is 6.70. The van der Waals surface area contributed by atoms with Gasteiger partial charge in [0, 0.05) is 31.2 Å². The van der Waals surface area contributed by atoms with Gasteiger partial charge < -0.3 is 15.4 Å². The van der Waals surface area contributed by atoms with Crippen LogP contribution in [0.5, 0.6) is 0 Å². The number of hydrogen-bond donors (Lipinski definition) is 2. The van der Waals surface area contributed by atoms with Crippen molar-refractivity contribution in [1.82, 2.24) is 9.62 Å². The monoisotopic (exact) mass is 333 g/mol. The third-order valence-electron chi connectivity index (χ3n) is 3.39. The van der Waals surface area contributed by atoms with Gasteiger partial charge in [0.1, 0.15) is 0 Å². The molecule has 0 aliphatic carbocycles. The molecule has 118 valence electrons. The second kappa shape index (κ2) is 7.04. The van der Waals surface area contributed by atoms with E-state index in [0.717, 1.165) is 6.54 Å². The van der Waals surface area contributed by atoms with E-state index in [2.05, 4.69) is 9.62 Å². The molecule has 0 amide bonds. The van der Waals surface area contributed by atoms with E-state index in [9.17, 15) is 8.42 Å². The molecule has 1 atom stereocenters. The zero-order chi connectivity index (χ0) is 15.5. The summed E-state index contributed by atoms with van der Waals surface area (Å²) >= 11 is 5.94. The first-order valence-corrected chi connectivity index (χ1v) is 8.57. The number of nitrogens with zero attached hydrogens (tertiary/aromatic N) is 1. The maximum Gasteiger partial charge on any atom is 0.240 e. The number of nitrogens with two attached hydrogens (primary N) is 1. The Labute approximate surface area is 130 Å². The smallest absolute Gasteiger partial charge is 0.240 e. The maximum absolute atomic E-state index is 12.3. The lowest BCUT2D eigenvalue weighted by molar-refractivity contribution is -0.0156. The van der Waals surface area contributed by atoms with Gasteiger partial charge >= 0.3 is 0 Å². The summed E-state index contributed by atoms with van der Waals surface area (Å²) in [6.45, 7) is 2.62. The molecule has 6 nitrogen and oxygen atoms in total. The number of nitrogens with one attached hydrogen (secondary N) is 1. The standard InChI is InChI=1S/C13H20ClN3O3S/c1-17-4-5-20-11(9-17)8-16-21(18,19)12-2-3-13(14)10(6-12)7-15/h2-3,6,11,16H,4-5,7-9,15H2,1H3. The molecule has 0 saturated carbocycles. The molecule has 1 aliphatic rings. The maximum atomic E-state index is 12.3. The Hall–Kier alpha value is -0.700. The van der Waals surface area contributed by atoms with Gasteiger partial charge in [-0.25, -0.2) is 13.1 Å². The van der Waals surface area contributed by atoms with Gasteiger partial charge in [0.05, 0.1) is 17.6 Å². The van der Waals surface area contributed by atoms with Crippen LogP contribution >= 0.6 is 11.6 Å². The molecule has 1 saturated heterocycles. The van der Waals surface area contributed by atoms with Crippen molar-refractivity contribution in [2.24, 2.45) is 5.73 Å². The van der Waals surface area contributed by atoms with Crippen molar-refractivity contribution >= 4 is 21.6 Å². The summed E-state index contributed by atoms with van der Waals surface area (Å²) in [6.07, 6.45) is -0.139. The summed E-state index contributed by atoms with van der Waals surface area (Å²) in [4.78, 5) is 2.27. The molecule has 0 aromatic heterocycles. The van der Waals surface area contributed by atoms with E-state index in [4.69, 9.17) is 22.1 Å². The second-order valence-corrected chi connectivity index (χ2v) is 7.24. The SMILES string of the molecule is CN1CCOC(CNS(=O)(=O)c2ccc(Cl)c(CN)c2)C1. The Morgan fingerprint density at radius 1 is 1.52 bits per heavy atom. The second-order valence-electron chi connectivity index (χ2n) is 5.06. The molecule has 8 heteroatoms. The molecular formula is C13H20ClN3O3S. The number of ether oxygens (including phenoxy) is 1. The Bertz CT molecular complexity index is 594. The van der Waals surface area contributed by atoms with Gasteiger partial charge in [0.2, 0.25) is 10.0 Å². The van der Waals surface area contributed by atoms with Gasteiger partial charge in [-0.1, -0.05) is 11.6 Å². The normalized spacial score (nSPS) is 20.6. The van der Waals surface area contributed by atoms with E-state index < -0.39 is 10.0 Å². The molecule has 2 rings (SSSR count). The summed E-state index contributed by atoms with van der Waals surface area (Å²) in [5.74, 6) is 0. The van der Waals surface area contributed by atoms with Crippen molar-refractivity contribution in [3.63, 3.8) is 0 Å². The fourth-order valence-corrected chi connectivity index (χ4v) is 3.46. The predicted octanol–water partition coefficient (Wildman–Crippen LogP) is 0.408. The number of sulfonamides is 1. The topological polar surface area (TPSA) is 84.7 Å². The Morgan fingerprint density at radius 3 is 2.95 bits per heavy atom. The van der Waals surface area contributed by atoms with Crippen LogP contribution in [-0.4, -0.2) is 52.7 Å². The molecule has 1 aromatic rings. The van der Waals surface area contributed by atoms with Gasteiger partial charge in [-0.2, -0.15) is 0 Å². The first-order chi connectivity index (χ1) is 9.92. The number of morpholine rings is 1. The van der Waals surface area contributed by atoms with Crippen LogP contribution in [-0.2, 0) is 21.3 Å².